The third-order valence-electron chi connectivity index (χ3n) is 2.19. The fraction of sp³-hybridized carbons (Fsp3) is 0.417. The van der Waals surface area contributed by atoms with Crippen LogP contribution in [0.5, 0.6) is 0 Å². The first-order valence-corrected chi connectivity index (χ1v) is 7.63. The molecule has 6 heteroatoms. The van der Waals surface area contributed by atoms with Crippen molar-refractivity contribution < 1.29 is 9.90 Å². The van der Waals surface area contributed by atoms with E-state index < -0.39 is 5.60 Å². The quantitative estimate of drug-likeness (QED) is 0.776. The molecule has 1 unspecified atom stereocenters. The van der Waals surface area contributed by atoms with E-state index in [4.69, 9.17) is 0 Å². The Morgan fingerprint density at radius 3 is 2.61 bits per heavy atom. The van der Waals surface area contributed by atoms with Gasteiger partial charge in [0.1, 0.15) is 0 Å². The number of benzene rings is 1. The lowest BCUT2D eigenvalue weighted by molar-refractivity contribution is 0.0876. The Morgan fingerprint density at radius 1 is 1.44 bits per heavy atom. The number of thioether (sulfide) groups is 1. The molecule has 0 bridgehead atoms. The molecule has 2 amide bonds. The van der Waals surface area contributed by atoms with Crippen LogP contribution in [0.4, 0.5) is 10.5 Å². The molecular weight excluding hydrogens is 316 g/mol. The van der Waals surface area contributed by atoms with Crippen LogP contribution in [0.3, 0.4) is 0 Å². The lowest BCUT2D eigenvalue weighted by Gasteiger charge is -2.22. The highest BCUT2D eigenvalue weighted by atomic mass is 79.9. The molecule has 0 aromatic heterocycles. The molecule has 0 radical (unpaired) electrons. The van der Waals surface area contributed by atoms with E-state index in [2.05, 4.69) is 26.6 Å². The number of anilines is 1. The lowest BCUT2D eigenvalue weighted by Crippen LogP contribution is -2.43. The van der Waals surface area contributed by atoms with E-state index in [0.29, 0.717) is 11.4 Å². The number of rotatable bonds is 5. The maximum atomic E-state index is 11.6. The van der Waals surface area contributed by atoms with Gasteiger partial charge in [0.15, 0.2) is 0 Å². The predicted molar refractivity (Wildman–Crippen MR) is 80.2 cm³/mol. The average Bonchev–Trinajstić information content (AvgIpc) is 2.30. The lowest BCUT2D eigenvalue weighted by atomic mass is 10.1. The van der Waals surface area contributed by atoms with Gasteiger partial charge in [-0.1, -0.05) is 15.9 Å². The maximum Gasteiger partial charge on any atom is 0.319 e. The van der Waals surface area contributed by atoms with Crippen molar-refractivity contribution in [1.29, 1.82) is 0 Å². The Kier molecular flexibility index (Phi) is 5.98. The van der Waals surface area contributed by atoms with Gasteiger partial charge in [0.25, 0.3) is 0 Å². The zero-order valence-electron chi connectivity index (χ0n) is 10.4. The minimum absolute atomic E-state index is 0.218. The summed E-state index contributed by atoms with van der Waals surface area (Å²) in [6, 6.07) is 6.96. The van der Waals surface area contributed by atoms with Crippen molar-refractivity contribution in [2.75, 3.05) is 23.9 Å². The summed E-state index contributed by atoms with van der Waals surface area (Å²) in [6.07, 6.45) is 1.91. The highest BCUT2D eigenvalue weighted by Crippen LogP contribution is 2.14. The minimum Gasteiger partial charge on any atom is -0.387 e. The third kappa shape index (κ3) is 5.75. The molecule has 3 N–H and O–H groups in total. The van der Waals surface area contributed by atoms with Crippen LogP contribution in [0.25, 0.3) is 0 Å². The summed E-state index contributed by atoms with van der Waals surface area (Å²) in [5, 5.41) is 15.2. The topological polar surface area (TPSA) is 61.4 Å². The highest BCUT2D eigenvalue weighted by molar-refractivity contribution is 9.10. The van der Waals surface area contributed by atoms with Crippen molar-refractivity contribution >= 4 is 39.4 Å². The summed E-state index contributed by atoms with van der Waals surface area (Å²) >= 11 is 4.86. The number of carbonyl (C=O) groups is 1. The van der Waals surface area contributed by atoms with Crippen molar-refractivity contribution in [3.8, 4) is 0 Å². The Hall–Kier alpha value is -0.720. The molecule has 18 heavy (non-hydrogen) atoms. The van der Waals surface area contributed by atoms with Crippen LogP contribution in [-0.4, -0.2) is 35.3 Å². The normalized spacial score (nSPS) is 13.8. The molecular formula is C12H17BrN2O2S. The number of amides is 2. The Bertz CT molecular complexity index is 396. The molecule has 0 aliphatic rings. The Labute approximate surface area is 120 Å². The van der Waals surface area contributed by atoms with E-state index in [1.165, 1.54) is 11.8 Å². The molecule has 0 aliphatic heterocycles. The van der Waals surface area contributed by atoms with E-state index in [1.807, 2.05) is 18.4 Å². The van der Waals surface area contributed by atoms with Gasteiger partial charge in [-0.25, -0.2) is 4.79 Å². The number of urea groups is 1. The van der Waals surface area contributed by atoms with E-state index in [1.54, 1.807) is 19.1 Å². The van der Waals surface area contributed by atoms with Gasteiger partial charge in [0, 0.05) is 22.5 Å². The fourth-order valence-electron chi connectivity index (χ4n) is 1.34. The standard InChI is InChI=1S/C12H17BrN2O2S/c1-12(17,8-18-2)7-14-11(16)15-10-5-3-9(13)4-6-10/h3-6,17H,7-8H2,1-2H3,(H2,14,15,16). The van der Waals surface area contributed by atoms with Gasteiger partial charge in [-0.3, -0.25) is 0 Å². The van der Waals surface area contributed by atoms with Gasteiger partial charge in [0.05, 0.1) is 5.60 Å². The summed E-state index contributed by atoms with van der Waals surface area (Å²) in [5.74, 6) is 0.575. The molecule has 0 saturated heterocycles. The van der Waals surface area contributed by atoms with Crippen molar-refractivity contribution in [1.82, 2.24) is 5.32 Å². The number of carbonyl (C=O) groups excluding carboxylic acids is 1. The fourth-order valence-corrected chi connectivity index (χ4v) is 2.33. The first kappa shape index (κ1) is 15.3. The first-order valence-electron chi connectivity index (χ1n) is 5.45. The van der Waals surface area contributed by atoms with Crippen LogP contribution in [0.15, 0.2) is 28.7 Å². The van der Waals surface area contributed by atoms with Gasteiger partial charge >= 0.3 is 6.03 Å². The van der Waals surface area contributed by atoms with Crippen LogP contribution in [-0.2, 0) is 0 Å². The first-order chi connectivity index (χ1) is 8.43. The maximum absolute atomic E-state index is 11.6. The molecule has 1 aromatic rings. The van der Waals surface area contributed by atoms with Crippen molar-refractivity contribution in [3.63, 3.8) is 0 Å². The van der Waals surface area contributed by atoms with Crippen LogP contribution in [0.2, 0.25) is 0 Å². The number of halogens is 1. The van der Waals surface area contributed by atoms with E-state index in [-0.39, 0.29) is 12.6 Å². The Balaban J connectivity index is 2.40. The second-order valence-corrected chi connectivity index (χ2v) is 6.03. The number of hydrogen-bond donors (Lipinski definition) is 3. The van der Waals surface area contributed by atoms with Crippen LogP contribution in [0.1, 0.15) is 6.92 Å². The summed E-state index contributed by atoms with van der Waals surface area (Å²) in [7, 11) is 0. The second-order valence-electron chi connectivity index (χ2n) is 4.24. The summed E-state index contributed by atoms with van der Waals surface area (Å²) in [6.45, 7) is 1.92. The SMILES string of the molecule is CSCC(C)(O)CNC(=O)Nc1ccc(Br)cc1. The van der Waals surface area contributed by atoms with Crippen LogP contribution in [0, 0.1) is 0 Å². The molecule has 0 spiro atoms. The molecule has 0 saturated carbocycles. The molecule has 0 fully saturated rings. The summed E-state index contributed by atoms with van der Waals surface area (Å²) in [5.41, 5.74) is -0.184. The predicted octanol–water partition coefficient (Wildman–Crippen LogP) is 2.68. The second kappa shape index (κ2) is 7.01. The zero-order chi connectivity index (χ0) is 13.6. The third-order valence-corrected chi connectivity index (χ3v) is 3.63. The van der Waals surface area contributed by atoms with Crippen molar-refractivity contribution in [2.45, 2.75) is 12.5 Å². The average molecular weight is 333 g/mol. The monoisotopic (exact) mass is 332 g/mol. The highest BCUT2D eigenvalue weighted by Gasteiger charge is 2.20. The molecule has 1 rings (SSSR count). The van der Waals surface area contributed by atoms with E-state index >= 15 is 0 Å². The number of hydrogen-bond acceptors (Lipinski definition) is 3. The molecule has 0 aliphatic carbocycles. The largest absolute Gasteiger partial charge is 0.387 e. The smallest absolute Gasteiger partial charge is 0.319 e. The van der Waals surface area contributed by atoms with Crippen LogP contribution < -0.4 is 10.6 Å². The van der Waals surface area contributed by atoms with Crippen LogP contribution >= 0.6 is 27.7 Å². The zero-order valence-corrected chi connectivity index (χ0v) is 12.8. The van der Waals surface area contributed by atoms with Gasteiger partial charge < -0.3 is 15.7 Å². The van der Waals surface area contributed by atoms with Gasteiger partial charge in [0.2, 0.25) is 0 Å². The summed E-state index contributed by atoms with van der Waals surface area (Å²) in [4.78, 5) is 11.6. The molecule has 4 nitrogen and oxygen atoms in total. The molecule has 1 atom stereocenters. The number of nitrogens with one attached hydrogen (secondary N) is 2. The molecule has 1 aromatic carbocycles. The molecule has 0 heterocycles. The van der Waals surface area contributed by atoms with Gasteiger partial charge in [-0.15, -0.1) is 0 Å². The molecule has 100 valence electrons. The van der Waals surface area contributed by atoms with Crippen molar-refractivity contribution in [2.24, 2.45) is 0 Å². The number of aliphatic hydroxyl groups is 1. The Morgan fingerprint density at radius 2 is 2.06 bits per heavy atom. The van der Waals surface area contributed by atoms with E-state index in [9.17, 15) is 9.90 Å². The summed E-state index contributed by atoms with van der Waals surface area (Å²) < 4.78 is 0.955. The van der Waals surface area contributed by atoms with Gasteiger partial charge in [-0.05, 0) is 37.4 Å². The van der Waals surface area contributed by atoms with Crippen molar-refractivity contribution in [3.05, 3.63) is 28.7 Å². The van der Waals surface area contributed by atoms with Gasteiger partial charge in [-0.2, -0.15) is 11.8 Å². The minimum atomic E-state index is -0.892. The van der Waals surface area contributed by atoms with E-state index in [0.717, 1.165) is 4.47 Å².